The van der Waals surface area contributed by atoms with Crippen molar-refractivity contribution >= 4 is 5.96 Å². The van der Waals surface area contributed by atoms with Crippen LogP contribution in [0.4, 0.5) is 8.78 Å². The van der Waals surface area contributed by atoms with Gasteiger partial charge in [0.05, 0.1) is 13.7 Å². The van der Waals surface area contributed by atoms with Gasteiger partial charge in [-0.3, -0.25) is 9.67 Å². The minimum absolute atomic E-state index is 0.0929. The Morgan fingerprint density at radius 1 is 1.36 bits per heavy atom. The summed E-state index contributed by atoms with van der Waals surface area (Å²) in [5.41, 5.74) is 0.537. The lowest BCUT2D eigenvalue weighted by atomic mass is 10.2. The molecule has 0 aliphatic carbocycles. The van der Waals surface area contributed by atoms with Gasteiger partial charge >= 0.3 is 6.61 Å². The van der Waals surface area contributed by atoms with Crippen molar-refractivity contribution in [1.82, 2.24) is 20.4 Å². The van der Waals surface area contributed by atoms with Crippen LogP contribution in [0.2, 0.25) is 0 Å². The molecule has 0 aliphatic heterocycles. The molecule has 0 aliphatic rings. The third kappa shape index (κ3) is 5.94. The maximum atomic E-state index is 12.5. The monoisotopic (exact) mass is 353 g/mol. The van der Waals surface area contributed by atoms with Crippen LogP contribution < -0.4 is 20.1 Å². The molecule has 0 atom stereocenters. The van der Waals surface area contributed by atoms with E-state index in [4.69, 9.17) is 4.74 Å². The van der Waals surface area contributed by atoms with E-state index in [0.29, 0.717) is 30.4 Å². The molecule has 136 valence electrons. The molecule has 2 N–H and O–H groups in total. The number of benzene rings is 1. The molecular formula is C16H21F2N5O2. The van der Waals surface area contributed by atoms with Gasteiger partial charge in [-0.25, -0.2) is 0 Å². The second-order valence-electron chi connectivity index (χ2n) is 4.97. The minimum Gasteiger partial charge on any atom is -0.497 e. The molecule has 1 aromatic heterocycles. The lowest BCUT2D eigenvalue weighted by molar-refractivity contribution is -0.0504. The van der Waals surface area contributed by atoms with Crippen LogP contribution in [0.5, 0.6) is 11.5 Å². The zero-order valence-electron chi connectivity index (χ0n) is 14.1. The number of rotatable bonds is 8. The summed E-state index contributed by atoms with van der Waals surface area (Å²) < 4.78 is 36.5. The van der Waals surface area contributed by atoms with E-state index in [9.17, 15) is 8.78 Å². The number of ether oxygens (including phenoxy) is 2. The molecule has 0 radical (unpaired) electrons. The zero-order chi connectivity index (χ0) is 18.1. The van der Waals surface area contributed by atoms with Gasteiger partial charge in [0.1, 0.15) is 11.5 Å². The molecule has 2 rings (SSSR count). The number of hydrogen-bond donors (Lipinski definition) is 2. The third-order valence-corrected chi connectivity index (χ3v) is 3.35. The number of methoxy groups -OCH3 is 1. The SMILES string of the molecule is CN=C(NCCn1cccn1)NCc1cc(OC)ccc1OC(F)F. The number of guanidine groups is 1. The average Bonchev–Trinajstić information content (AvgIpc) is 3.12. The van der Waals surface area contributed by atoms with E-state index in [1.165, 1.54) is 13.2 Å². The Labute approximate surface area is 144 Å². The van der Waals surface area contributed by atoms with Gasteiger partial charge < -0.3 is 20.1 Å². The quantitative estimate of drug-likeness (QED) is 0.560. The summed E-state index contributed by atoms with van der Waals surface area (Å²) in [6.45, 7) is -1.36. The summed E-state index contributed by atoms with van der Waals surface area (Å²) in [6, 6.07) is 6.51. The van der Waals surface area contributed by atoms with Crippen molar-refractivity contribution in [2.24, 2.45) is 4.99 Å². The summed E-state index contributed by atoms with van der Waals surface area (Å²) in [4.78, 5) is 4.10. The highest BCUT2D eigenvalue weighted by atomic mass is 19.3. The summed E-state index contributed by atoms with van der Waals surface area (Å²) in [5, 5.41) is 10.3. The molecule has 1 heterocycles. The van der Waals surface area contributed by atoms with Crippen molar-refractivity contribution in [2.75, 3.05) is 20.7 Å². The molecule has 0 fully saturated rings. The first-order chi connectivity index (χ1) is 12.1. The molecule has 25 heavy (non-hydrogen) atoms. The summed E-state index contributed by atoms with van der Waals surface area (Å²) >= 11 is 0. The predicted molar refractivity (Wildman–Crippen MR) is 90.1 cm³/mol. The molecule has 0 saturated carbocycles. The van der Waals surface area contributed by atoms with Crippen LogP contribution in [-0.2, 0) is 13.1 Å². The maximum Gasteiger partial charge on any atom is 0.387 e. The number of aliphatic imine (C=N–C) groups is 1. The van der Waals surface area contributed by atoms with E-state index in [0.717, 1.165) is 0 Å². The minimum atomic E-state index is -2.89. The first-order valence-corrected chi connectivity index (χ1v) is 7.66. The molecule has 0 bridgehead atoms. The van der Waals surface area contributed by atoms with Gasteiger partial charge in [0.2, 0.25) is 0 Å². The number of alkyl halides is 2. The van der Waals surface area contributed by atoms with E-state index >= 15 is 0 Å². The second-order valence-corrected chi connectivity index (χ2v) is 4.97. The highest BCUT2D eigenvalue weighted by molar-refractivity contribution is 5.79. The van der Waals surface area contributed by atoms with Crippen molar-refractivity contribution in [3.05, 3.63) is 42.2 Å². The number of nitrogens with one attached hydrogen (secondary N) is 2. The van der Waals surface area contributed by atoms with Gasteiger partial charge in [-0.2, -0.15) is 13.9 Å². The van der Waals surface area contributed by atoms with Crippen LogP contribution in [0.3, 0.4) is 0 Å². The van der Waals surface area contributed by atoms with Crippen molar-refractivity contribution in [3.63, 3.8) is 0 Å². The molecule has 0 saturated heterocycles. The number of hydrogen-bond acceptors (Lipinski definition) is 4. The zero-order valence-corrected chi connectivity index (χ0v) is 14.1. The van der Waals surface area contributed by atoms with Crippen LogP contribution in [0.25, 0.3) is 0 Å². The Morgan fingerprint density at radius 3 is 2.84 bits per heavy atom. The molecular weight excluding hydrogens is 332 g/mol. The van der Waals surface area contributed by atoms with Crippen LogP contribution in [0, 0.1) is 0 Å². The standard InChI is InChI=1S/C16H21F2N5O2/c1-19-16(20-7-9-23-8-3-6-22-23)21-11-12-10-13(24-2)4-5-14(12)25-15(17)18/h3-6,8,10,15H,7,9,11H2,1-2H3,(H2,19,20,21). The van der Waals surface area contributed by atoms with Gasteiger partial charge in [-0.1, -0.05) is 0 Å². The van der Waals surface area contributed by atoms with E-state index in [1.54, 1.807) is 30.1 Å². The second kappa shape index (κ2) is 9.45. The summed E-state index contributed by atoms with van der Waals surface area (Å²) in [7, 11) is 3.14. The van der Waals surface area contributed by atoms with Crippen LogP contribution >= 0.6 is 0 Å². The highest BCUT2D eigenvalue weighted by Crippen LogP contribution is 2.25. The van der Waals surface area contributed by atoms with Crippen molar-refractivity contribution < 1.29 is 18.3 Å². The summed E-state index contributed by atoms with van der Waals surface area (Å²) in [5.74, 6) is 1.19. The largest absolute Gasteiger partial charge is 0.497 e. The Hall–Kier alpha value is -2.84. The van der Waals surface area contributed by atoms with Gasteiger partial charge in [0.25, 0.3) is 0 Å². The number of halogens is 2. The van der Waals surface area contributed by atoms with E-state index in [1.807, 2.05) is 12.3 Å². The number of aromatic nitrogens is 2. The molecule has 1 aromatic carbocycles. The average molecular weight is 353 g/mol. The molecule has 0 spiro atoms. The lowest BCUT2D eigenvalue weighted by Gasteiger charge is -2.15. The van der Waals surface area contributed by atoms with E-state index < -0.39 is 6.61 Å². The van der Waals surface area contributed by atoms with Gasteiger partial charge in [0, 0.05) is 38.1 Å². The van der Waals surface area contributed by atoms with Gasteiger partial charge in [0.15, 0.2) is 5.96 Å². The van der Waals surface area contributed by atoms with Crippen molar-refractivity contribution in [3.8, 4) is 11.5 Å². The third-order valence-electron chi connectivity index (χ3n) is 3.35. The highest BCUT2D eigenvalue weighted by Gasteiger charge is 2.11. The fourth-order valence-electron chi connectivity index (χ4n) is 2.15. The Kier molecular flexibility index (Phi) is 7.00. The number of nitrogens with zero attached hydrogens (tertiary/aromatic N) is 3. The predicted octanol–water partition coefficient (Wildman–Crippen LogP) is 1.86. The van der Waals surface area contributed by atoms with Crippen molar-refractivity contribution in [2.45, 2.75) is 19.7 Å². The van der Waals surface area contributed by atoms with Crippen LogP contribution in [-0.4, -0.2) is 43.1 Å². The first-order valence-electron chi connectivity index (χ1n) is 7.66. The topological polar surface area (TPSA) is 72.7 Å². The normalized spacial score (nSPS) is 11.5. The smallest absolute Gasteiger partial charge is 0.387 e. The molecule has 0 amide bonds. The summed E-state index contributed by atoms with van der Waals surface area (Å²) in [6.07, 6.45) is 3.57. The van der Waals surface area contributed by atoms with Gasteiger partial charge in [-0.05, 0) is 24.3 Å². The molecule has 0 unspecified atom stereocenters. The lowest BCUT2D eigenvalue weighted by Crippen LogP contribution is -2.38. The van der Waals surface area contributed by atoms with Crippen LogP contribution in [0.1, 0.15) is 5.56 Å². The fraction of sp³-hybridized carbons (Fsp3) is 0.375. The molecule has 2 aromatic rings. The van der Waals surface area contributed by atoms with Crippen LogP contribution in [0.15, 0.2) is 41.7 Å². The first kappa shape index (κ1) is 18.5. The maximum absolute atomic E-state index is 12.5. The van der Waals surface area contributed by atoms with Gasteiger partial charge in [-0.15, -0.1) is 0 Å². The fourth-order valence-corrected chi connectivity index (χ4v) is 2.15. The molecule has 7 nitrogen and oxygen atoms in total. The molecule has 9 heteroatoms. The van der Waals surface area contributed by atoms with Crippen molar-refractivity contribution in [1.29, 1.82) is 0 Å². The Balaban J connectivity index is 1.92. The van der Waals surface area contributed by atoms with E-state index in [2.05, 4.69) is 25.5 Å². The van der Waals surface area contributed by atoms with E-state index in [-0.39, 0.29) is 12.3 Å². The Morgan fingerprint density at radius 2 is 2.20 bits per heavy atom. The Bertz CT molecular complexity index is 677.